The van der Waals surface area contributed by atoms with Crippen molar-refractivity contribution in [2.24, 2.45) is 0 Å². The molecule has 1 aliphatic heterocycles. The van der Waals surface area contributed by atoms with E-state index in [1.807, 2.05) is 0 Å². The zero-order valence-corrected chi connectivity index (χ0v) is 14.2. The highest BCUT2D eigenvalue weighted by Crippen LogP contribution is 2.11. The number of nitrogens with zero attached hydrogens (tertiary/aromatic N) is 3. The number of H-pyrrole nitrogens is 1. The fourth-order valence-corrected chi connectivity index (χ4v) is 3.32. The van der Waals surface area contributed by atoms with Crippen molar-refractivity contribution in [2.75, 3.05) is 32.7 Å². The summed E-state index contributed by atoms with van der Waals surface area (Å²) >= 11 is 0. The lowest BCUT2D eigenvalue weighted by atomic mass is 10.1. The molecule has 124 valence electrons. The first-order chi connectivity index (χ1) is 11.3. The summed E-state index contributed by atoms with van der Waals surface area (Å²) in [5, 5.41) is 0. The number of nitrogens with one attached hydrogen (secondary N) is 1. The number of hydrogen-bond acceptors (Lipinski definition) is 3. The molecule has 23 heavy (non-hydrogen) atoms. The lowest BCUT2D eigenvalue weighted by molar-refractivity contribution is 0.248. The monoisotopic (exact) mass is 312 g/mol. The van der Waals surface area contributed by atoms with E-state index >= 15 is 0 Å². The Bertz CT molecular complexity index is 578. The summed E-state index contributed by atoms with van der Waals surface area (Å²) in [6.07, 6.45) is 5.50. The standard InChI is InChI=1S/C19H28N4/c1-17-19(21-16-20-17)15-23-12-6-11-22(13-14-23)10-5-9-18-7-3-2-4-8-18/h2-4,7-8,16H,5-6,9-15H2,1H3,(H,20,21). The molecule has 0 aliphatic carbocycles. The highest BCUT2D eigenvalue weighted by atomic mass is 15.2. The Hall–Kier alpha value is -1.65. The van der Waals surface area contributed by atoms with Crippen LogP contribution in [-0.4, -0.2) is 52.5 Å². The zero-order chi connectivity index (χ0) is 15.9. The minimum absolute atomic E-state index is 0.979. The van der Waals surface area contributed by atoms with Gasteiger partial charge in [-0.05, 0) is 51.4 Å². The van der Waals surface area contributed by atoms with Crippen molar-refractivity contribution >= 4 is 0 Å². The predicted molar refractivity (Wildman–Crippen MR) is 94.4 cm³/mol. The van der Waals surface area contributed by atoms with Crippen LogP contribution in [0.2, 0.25) is 0 Å². The van der Waals surface area contributed by atoms with Gasteiger partial charge in [0.15, 0.2) is 0 Å². The van der Waals surface area contributed by atoms with E-state index in [1.165, 1.54) is 62.4 Å². The van der Waals surface area contributed by atoms with E-state index in [-0.39, 0.29) is 0 Å². The van der Waals surface area contributed by atoms with Crippen molar-refractivity contribution in [1.82, 2.24) is 19.8 Å². The average Bonchev–Trinajstić information content (AvgIpc) is 2.83. The second kappa shape index (κ2) is 8.27. The second-order valence-electron chi connectivity index (χ2n) is 6.53. The lowest BCUT2D eigenvalue weighted by Gasteiger charge is -2.21. The fraction of sp³-hybridized carbons (Fsp3) is 0.526. The van der Waals surface area contributed by atoms with Crippen molar-refractivity contribution in [3.8, 4) is 0 Å². The topological polar surface area (TPSA) is 35.2 Å². The molecule has 0 amide bonds. The molecular formula is C19H28N4. The number of benzene rings is 1. The van der Waals surface area contributed by atoms with Gasteiger partial charge in [0.05, 0.1) is 12.0 Å². The molecule has 1 saturated heterocycles. The summed E-state index contributed by atoms with van der Waals surface area (Å²) in [7, 11) is 0. The molecule has 0 bridgehead atoms. The van der Waals surface area contributed by atoms with Gasteiger partial charge in [0, 0.05) is 25.3 Å². The molecule has 1 aromatic carbocycles. The number of imidazole rings is 1. The quantitative estimate of drug-likeness (QED) is 0.891. The van der Waals surface area contributed by atoms with Gasteiger partial charge in [0.25, 0.3) is 0 Å². The molecule has 0 saturated carbocycles. The van der Waals surface area contributed by atoms with Crippen molar-refractivity contribution in [3.05, 3.63) is 53.6 Å². The van der Waals surface area contributed by atoms with Crippen LogP contribution in [0.1, 0.15) is 29.8 Å². The maximum Gasteiger partial charge on any atom is 0.0925 e. The van der Waals surface area contributed by atoms with Gasteiger partial charge in [-0.25, -0.2) is 4.98 Å². The van der Waals surface area contributed by atoms with Crippen LogP contribution in [0.3, 0.4) is 0 Å². The lowest BCUT2D eigenvalue weighted by Crippen LogP contribution is -2.31. The van der Waals surface area contributed by atoms with Gasteiger partial charge in [-0.1, -0.05) is 30.3 Å². The molecule has 1 fully saturated rings. The predicted octanol–water partition coefficient (Wildman–Crippen LogP) is 2.86. The van der Waals surface area contributed by atoms with Crippen LogP contribution < -0.4 is 0 Å². The van der Waals surface area contributed by atoms with Crippen molar-refractivity contribution < 1.29 is 0 Å². The molecule has 0 atom stereocenters. The van der Waals surface area contributed by atoms with E-state index in [1.54, 1.807) is 6.33 Å². The van der Waals surface area contributed by atoms with Crippen LogP contribution in [0.4, 0.5) is 0 Å². The van der Waals surface area contributed by atoms with Gasteiger partial charge in [-0.3, -0.25) is 4.90 Å². The van der Waals surface area contributed by atoms with Crippen LogP contribution >= 0.6 is 0 Å². The molecule has 0 unspecified atom stereocenters. The van der Waals surface area contributed by atoms with E-state index in [0.717, 1.165) is 13.1 Å². The Labute approximate surface area is 139 Å². The maximum absolute atomic E-state index is 4.43. The third-order valence-corrected chi connectivity index (χ3v) is 4.77. The van der Waals surface area contributed by atoms with Crippen LogP contribution in [0.15, 0.2) is 36.7 Å². The van der Waals surface area contributed by atoms with Gasteiger partial charge < -0.3 is 9.88 Å². The first-order valence-electron chi connectivity index (χ1n) is 8.79. The molecule has 0 radical (unpaired) electrons. The van der Waals surface area contributed by atoms with Crippen molar-refractivity contribution in [2.45, 2.75) is 32.7 Å². The van der Waals surface area contributed by atoms with Gasteiger partial charge in [0.1, 0.15) is 0 Å². The van der Waals surface area contributed by atoms with Crippen LogP contribution in [0.5, 0.6) is 0 Å². The number of aryl methyl sites for hydroxylation is 2. The number of rotatable bonds is 6. The minimum Gasteiger partial charge on any atom is -0.348 e. The summed E-state index contributed by atoms with van der Waals surface area (Å²) in [5.74, 6) is 0. The summed E-state index contributed by atoms with van der Waals surface area (Å²) in [6, 6.07) is 10.8. The SMILES string of the molecule is Cc1[nH]cnc1CN1CCCN(CCCc2ccccc2)CC1. The molecule has 3 rings (SSSR count). The van der Waals surface area contributed by atoms with Gasteiger partial charge >= 0.3 is 0 Å². The number of aromatic nitrogens is 2. The van der Waals surface area contributed by atoms with Gasteiger partial charge in [-0.2, -0.15) is 0 Å². The molecule has 4 heteroatoms. The van der Waals surface area contributed by atoms with Gasteiger partial charge in [-0.15, -0.1) is 0 Å². The van der Waals surface area contributed by atoms with Crippen LogP contribution in [-0.2, 0) is 13.0 Å². The third kappa shape index (κ3) is 4.91. The van der Waals surface area contributed by atoms with E-state index in [2.05, 4.69) is 57.0 Å². The van der Waals surface area contributed by atoms with Gasteiger partial charge in [0.2, 0.25) is 0 Å². The van der Waals surface area contributed by atoms with Crippen LogP contribution in [0.25, 0.3) is 0 Å². The number of aromatic amines is 1. The maximum atomic E-state index is 4.43. The Balaban J connectivity index is 1.41. The zero-order valence-electron chi connectivity index (χ0n) is 14.2. The molecule has 0 spiro atoms. The Kier molecular flexibility index (Phi) is 5.83. The summed E-state index contributed by atoms with van der Waals surface area (Å²) in [4.78, 5) is 12.8. The van der Waals surface area contributed by atoms with Crippen LogP contribution in [0, 0.1) is 6.92 Å². The highest BCUT2D eigenvalue weighted by molar-refractivity contribution is 5.14. The molecule has 1 aromatic heterocycles. The summed E-state index contributed by atoms with van der Waals surface area (Å²) in [6.45, 7) is 9.04. The summed E-state index contributed by atoms with van der Waals surface area (Å²) in [5.41, 5.74) is 3.86. The van der Waals surface area contributed by atoms with Crippen molar-refractivity contribution in [1.29, 1.82) is 0 Å². The van der Waals surface area contributed by atoms with E-state index < -0.39 is 0 Å². The van der Waals surface area contributed by atoms with E-state index in [0.29, 0.717) is 0 Å². The molecule has 2 heterocycles. The minimum atomic E-state index is 0.979. The Morgan fingerprint density at radius 3 is 2.61 bits per heavy atom. The highest BCUT2D eigenvalue weighted by Gasteiger charge is 2.16. The summed E-state index contributed by atoms with van der Waals surface area (Å²) < 4.78 is 0. The Morgan fingerprint density at radius 1 is 1.04 bits per heavy atom. The number of hydrogen-bond donors (Lipinski definition) is 1. The first kappa shape index (κ1) is 16.2. The van der Waals surface area contributed by atoms with E-state index in [9.17, 15) is 0 Å². The first-order valence-corrected chi connectivity index (χ1v) is 8.79. The molecule has 1 aliphatic rings. The van der Waals surface area contributed by atoms with Crippen molar-refractivity contribution in [3.63, 3.8) is 0 Å². The molecule has 1 N–H and O–H groups in total. The normalized spacial score (nSPS) is 17.3. The second-order valence-corrected chi connectivity index (χ2v) is 6.53. The smallest absolute Gasteiger partial charge is 0.0925 e. The average molecular weight is 312 g/mol. The molecular weight excluding hydrogens is 284 g/mol. The fourth-order valence-electron chi connectivity index (χ4n) is 3.32. The largest absolute Gasteiger partial charge is 0.348 e. The Morgan fingerprint density at radius 2 is 1.83 bits per heavy atom. The molecule has 2 aromatic rings. The molecule has 4 nitrogen and oxygen atoms in total. The third-order valence-electron chi connectivity index (χ3n) is 4.77. The van der Waals surface area contributed by atoms with E-state index in [4.69, 9.17) is 0 Å².